The van der Waals surface area contributed by atoms with Crippen LogP contribution in [0.1, 0.15) is 119 Å². The van der Waals surface area contributed by atoms with E-state index in [9.17, 15) is 9.90 Å². The molecule has 1 N–H and O–H groups in total. The Morgan fingerprint density at radius 1 is 0.688 bits per heavy atom. The molecule has 0 bridgehead atoms. The van der Waals surface area contributed by atoms with Crippen molar-refractivity contribution in [2.75, 3.05) is 0 Å². The van der Waals surface area contributed by atoms with Crippen LogP contribution < -0.4 is 0 Å². The fourth-order valence-corrected chi connectivity index (χ4v) is 11.3. The Labute approximate surface area is 197 Å². The first-order valence-electron chi connectivity index (χ1n) is 13.9. The van der Waals surface area contributed by atoms with Crippen LogP contribution in [0.2, 0.25) is 0 Å². The lowest BCUT2D eigenvalue weighted by atomic mass is 9.30. The molecule has 0 aromatic carbocycles. The van der Waals surface area contributed by atoms with Crippen LogP contribution in [0.15, 0.2) is 0 Å². The molecule has 182 valence electrons. The predicted molar refractivity (Wildman–Crippen MR) is 131 cm³/mol. The molecule has 0 unspecified atom stereocenters. The fraction of sp³-hybridized carbons (Fsp3) is 0.967. The maximum Gasteiger partial charge on any atom is 0.125 e. The molecule has 0 radical (unpaired) electrons. The third-order valence-electron chi connectivity index (χ3n) is 14.0. The number of hydrogen-bond acceptors (Lipinski definition) is 2. The van der Waals surface area contributed by atoms with Gasteiger partial charge in [-0.25, -0.2) is 0 Å². The second-order valence-corrected chi connectivity index (χ2v) is 15.1. The van der Waals surface area contributed by atoms with Gasteiger partial charge in [0.15, 0.2) is 0 Å². The minimum absolute atomic E-state index is 0.112. The van der Waals surface area contributed by atoms with Gasteiger partial charge in [0.2, 0.25) is 0 Å². The summed E-state index contributed by atoms with van der Waals surface area (Å²) in [7, 11) is 0. The summed E-state index contributed by atoms with van der Waals surface area (Å²) in [6, 6.07) is 0. The van der Waals surface area contributed by atoms with Gasteiger partial charge in [-0.1, -0.05) is 48.5 Å². The van der Waals surface area contributed by atoms with E-state index in [-0.39, 0.29) is 16.9 Å². The topological polar surface area (TPSA) is 37.3 Å². The van der Waals surface area contributed by atoms with E-state index in [4.69, 9.17) is 0 Å². The summed E-state index contributed by atoms with van der Waals surface area (Å²) in [4.78, 5) is 12.1. The highest BCUT2D eigenvalue weighted by atomic mass is 16.3. The maximum absolute atomic E-state index is 12.1. The fourth-order valence-electron chi connectivity index (χ4n) is 11.3. The Hall–Kier alpha value is -0.370. The lowest BCUT2D eigenvalue weighted by Gasteiger charge is -2.75. The van der Waals surface area contributed by atoms with Gasteiger partial charge in [-0.15, -0.1) is 0 Å². The van der Waals surface area contributed by atoms with Gasteiger partial charge in [0.1, 0.15) is 6.29 Å². The summed E-state index contributed by atoms with van der Waals surface area (Å²) in [6.45, 7) is 17.7. The monoisotopic (exact) mass is 442 g/mol. The van der Waals surface area contributed by atoms with E-state index < -0.39 is 0 Å². The molecule has 5 saturated carbocycles. The SMILES string of the molecule is C[C@H]1[C@H](O)CC[C@@H]2[C@]1(C)CC[C@H]1[C@@]2(C)CC[C@@]2(C)[C@@H]3C[C@@](C)(C=O)CC[C@]3(C)CC[C@]12C. The lowest BCUT2D eigenvalue weighted by Crippen LogP contribution is -2.68. The second kappa shape index (κ2) is 6.86. The first-order valence-corrected chi connectivity index (χ1v) is 13.9. The van der Waals surface area contributed by atoms with Crippen LogP contribution in [0.5, 0.6) is 0 Å². The van der Waals surface area contributed by atoms with Crippen molar-refractivity contribution in [2.24, 2.45) is 56.2 Å². The highest BCUT2D eigenvalue weighted by Crippen LogP contribution is 2.78. The normalized spacial score (nSPS) is 62.2. The summed E-state index contributed by atoms with van der Waals surface area (Å²) in [5.74, 6) is 2.61. The number of carbonyl (C=O) groups excluding carboxylic acids is 1. The smallest absolute Gasteiger partial charge is 0.125 e. The van der Waals surface area contributed by atoms with Gasteiger partial charge in [-0.3, -0.25) is 0 Å². The van der Waals surface area contributed by atoms with Crippen LogP contribution >= 0.6 is 0 Å². The molecule has 0 amide bonds. The number of carbonyl (C=O) groups is 1. The van der Waals surface area contributed by atoms with Crippen molar-refractivity contribution in [3.63, 3.8) is 0 Å². The zero-order chi connectivity index (χ0) is 23.4. The Morgan fingerprint density at radius 3 is 2.00 bits per heavy atom. The Bertz CT molecular complexity index is 792. The molecule has 11 atom stereocenters. The molecule has 0 saturated heterocycles. The van der Waals surface area contributed by atoms with Crippen LogP contribution in [-0.2, 0) is 4.79 Å². The largest absolute Gasteiger partial charge is 0.393 e. The van der Waals surface area contributed by atoms with Crippen LogP contribution in [0.4, 0.5) is 0 Å². The Kier molecular flexibility index (Phi) is 5.01. The van der Waals surface area contributed by atoms with Crippen molar-refractivity contribution < 1.29 is 9.90 Å². The van der Waals surface area contributed by atoms with Gasteiger partial charge >= 0.3 is 0 Å². The Morgan fingerprint density at radius 2 is 1.31 bits per heavy atom. The van der Waals surface area contributed by atoms with Crippen LogP contribution in [0.25, 0.3) is 0 Å². The molecular formula is C30H50O2. The summed E-state index contributed by atoms with van der Waals surface area (Å²) >= 11 is 0. The van der Waals surface area contributed by atoms with Crippen molar-refractivity contribution >= 4 is 6.29 Å². The number of fused-ring (bicyclic) bond motifs is 7. The predicted octanol–water partition coefficient (Wildman–Crippen LogP) is 7.43. The molecule has 2 nitrogen and oxygen atoms in total. The van der Waals surface area contributed by atoms with Gasteiger partial charge in [0, 0.05) is 5.41 Å². The number of aliphatic hydroxyl groups is 1. The van der Waals surface area contributed by atoms with Crippen molar-refractivity contribution in [1.82, 2.24) is 0 Å². The van der Waals surface area contributed by atoms with Gasteiger partial charge in [0.05, 0.1) is 6.10 Å². The lowest BCUT2D eigenvalue weighted by molar-refractivity contribution is -0.262. The molecular weight excluding hydrogens is 392 g/mol. The van der Waals surface area contributed by atoms with Gasteiger partial charge in [-0.2, -0.15) is 0 Å². The van der Waals surface area contributed by atoms with E-state index >= 15 is 0 Å². The zero-order valence-corrected chi connectivity index (χ0v) is 22.1. The van der Waals surface area contributed by atoms with Gasteiger partial charge < -0.3 is 9.90 Å². The molecule has 0 aromatic rings. The van der Waals surface area contributed by atoms with Gasteiger partial charge in [0.25, 0.3) is 0 Å². The first kappa shape index (κ1) is 23.4. The molecule has 32 heavy (non-hydrogen) atoms. The number of aliphatic hydroxyl groups excluding tert-OH is 1. The van der Waals surface area contributed by atoms with E-state index in [0.717, 1.165) is 31.1 Å². The highest BCUT2D eigenvalue weighted by molar-refractivity contribution is 5.59. The van der Waals surface area contributed by atoms with E-state index in [0.29, 0.717) is 33.5 Å². The third-order valence-corrected chi connectivity index (χ3v) is 14.0. The molecule has 5 aliphatic carbocycles. The summed E-state index contributed by atoms with van der Waals surface area (Å²) in [5.41, 5.74) is 1.68. The standard InChI is InChI=1S/C30H50O2/c1-20-21(32)8-9-22-27(20,4)11-10-23-28(22,5)15-17-30(7)24-18-25(2,19-31)12-13-26(24,3)14-16-29(23,30)6/h19-24,32H,8-18H2,1-7H3/t20-,21+,22+,23-,24+,25-,26+,27+,28-,29+,30-/m0/s1. The third kappa shape index (κ3) is 2.71. The zero-order valence-electron chi connectivity index (χ0n) is 22.1. The molecule has 0 heterocycles. The molecule has 5 aliphatic rings. The van der Waals surface area contributed by atoms with E-state index in [1.807, 2.05) is 0 Å². The quantitative estimate of drug-likeness (QED) is 0.429. The molecule has 0 spiro atoms. The van der Waals surface area contributed by atoms with Crippen LogP contribution in [0, 0.1) is 56.2 Å². The van der Waals surface area contributed by atoms with Crippen molar-refractivity contribution in [2.45, 2.75) is 125 Å². The highest BCUT2D eigenvalue weighted by Gasteiger charge is 2.70. The summed E-state index contributed by atoms with van der Waals surface area (Å²) < 4.78 is 0. The van der Waals surface area contributed by atoms with E-state index in [2.05, 4.69) is 48.5 Å². The summed E-state index contributed by atoms with van der Waals surface area (Å²) in [5, 5.41) is 10.7. The molecule has 2 heteroatoms. The average Bonchev–Trinajstić information content (AvgIpc) is 2.75. The Balaban J connectivity index is 1.54. The molecule has 0 aliphatic heterocycles. The van der Waals surface area contributed by atoms with Gasteiger partial charge in [-0.05, 0) is 121 Å². The minimum Gasteiger partial charge on any atom is -0.393 e. The first-order chi connectivity index (χ1) is 14.8. The van der Waals surface area contributed by atoms with Crippen molar-refractivity contribution in [1.29, 1.82) is 0 Å². The summed E-state index contributed by atoms with van der Waals surface area (Å²) in [6.07, 6.45) is 14.8. The van der Waals surface area contributed by atoms with E-state index in [1.54, 1.807) is 0 Å². The number of hydrogen-bond donors (Lipinski definition) is 1. The maximum atomic E-state index is 12.1. The van der Waals surface area contributed by atoms with Crippen LogP contribution in [-0.4, -0.2) is 17.5 Å². The molecule has 0 aromatic heterocycles. The molecule has 5 rings (SSSR count). The van der Waals surface area contributed by atoms with Crippen molar-refractivity contribution in [3.8, 4) is 0 Å². The average molecular weight is 443 g/mol. The molecule has 5 fully saturated rings. The van der Waals surface area contributed by atoms with E-state index in [1.165, 1.54) is 57.7 Å². The number of aldehydes is 1. The number of rotatable bonds is 1. The van der Waals surface area contributed by atoms with Crippen molar-refractivity contribution in [3.05, 3.63) is 0 Å². The minimum atomic E-state index is -0.119. The second-order valence-electron chi connectivity index (χ2n) is 15.1. The van der Waals surface area contributed by atoms with Crippen LogP contribution in [0.3, 0.4) is 0 Å².